The highest BCUT2D eigenvalue weighted by molar-refractivity contribution is 6.32. The van der Waals surface area contributed by atoms with Gasteiger partial charge in [0.05, 0.1) is 5.02 Å². The van der Waals surface area contributed by atoms with E-state index in [4.69, 9.17) is 21.1 Å². The maximum atomic E-state index is 6.14. The molecule has 0 amide bonds. The van der Waals surface area contributed by atoms with E-state index < -0.39 is 0 Å². The molecule has 1 aliphatic heterocycles. The van der Waals surface area contributed by atoms with Gasteiger partial charge in [-0.3, -0.25) is 0 Å². The van der Waals surface area contributed by atoms with Crippen LogP contribution in [0.25, 0.3) is 0 Å². The fourth-order valence-corrected chi connectivity index (χ4v) is 2.73. The van der Waals surface area contributed by atoms with Crippen LogP contribution in [0.2, 0.25) is 5.02 Å². The van der Waals surface area contributed by atoms with Crippen molar-refractivity contribution >= 4 is 11.6 Å². The van der Waals surface area contributed by atoms with E-state index in [-0.39, 0.29) is 6.79 Å². The van der Waals surface area contributed by atoms with Crippen molar-refractivity contribution in [3.8, 4) is 11.5 Å². The molecule has 0 saturated heterocycles. The minimum absolute atomic E-state index is 0.266. The topological polar surface area (TPSA) is 30.5 Å². The van der Waals surface area contributed by atoms with Crippen molar-refractivity contribution in [3.05, 3.63) is 22.7 Å². The zero-order valence-corrected chi connectivity index (χ0v) is 11.5. The normalized spacial score (nSPS) is 23.2. The molecule has 18 heavy (non-hydrogen) atoms. The smallest absolute Gasteiger partial charge is 0.231 e. The molecule has 1 aromatic rings. The summed E-state index contributed by atoms with van der Waals surface area (Å²) in [6, 6.07) is 3.94. The highest BCUT2D eigenvalue weighted by Gasteiger charge is 2.44. The molecule has 1 atom stereocenters. The van der Waals surface area contributed by atoms with Gasteiger partial charge in [0.25, 0.3) is 0 Å². The van der Waals surface area contributed by atoms with Crippen LogP contribution in [0.15, 0.2) is 12.1 Å². The predicted molar refractivity (Wildman–Crippen MR) is 71.2 cm³/mol. The number of rotatable bonds is 4. The molecule has 2 aliphatic rings. The zero-order valence-electron chi connectivity index (χ0n) is 10.8. The second kappa shape index (κ2) is 4.32. The first-order valence-corrected chi connectivity index (χ1v) is 6.73. The first-order valence-electron chi connectivity index (χ1n) is 6.35. The molecule has 1 heterocycles. The van der Waals surface area contributed by atoms with E-state index in [1.165, 1.54) is 6.42 Å². The first kappa shape index (κ1) is 12.1. The van der Waals surface area contributed by atoms with Gasteiger partial charge in [-0.15, -0.1) is 0 Å². The molecule has 1 unspecified atom stereocenters. The molecule has 4 heteroatoms. The summed E-state index contributed by atoms with van der Waals surface area (Å²) in [5.41, 5.74) is 1.67. The van der Waals surface area contributed by atoms with Crippen LogP contribution in [-0.2, 0) is 6.54 Å². The molecule has 0 radical (unpaired) electrons. The van der Waals surface area contributed by atoms with Gasteiger partial charge in [-0.1, -0.05) is 25.4 Å². The Morgan fingerprint density at radius 3 is 2.89 bits per heavy atom. The third-order valence-corrected chi connectivity index (χ3v) is 4.21. The summed E-state index contributed by atoms with van der Waals surface area (Å²) in [4.78, 5) is 0. The largest absolute Gasteiger partial charge is 0.454 e. The lowest BCUT2D eigenvalue weighted by Crippen LogP contribution is -2.18. The number of fused-ring (bicyclic) bond motifs is 1. The lowest BCUT2D eigenvalue weighted by molar-refractivity contribution is 0.174. The standard InChI is InChI=1S/C14H18ClNO2/c1-14(2)5-10(14)7-16-6-9-3-11(15)13-12(4-9)17-8-18-13/h3-4,10,16H,5-8H2,1-2H3. The van der Waals surface area contributed by atoms with E-state index in [0.29, 0.717) is 16.2 Å². The van der Waals surface area contributed by atoms with Gasteiger partial charge in [0.2, 0.25) is 6.79 Å². The molecule has 3 nitrogen and oxygen atoms in total. The van der Waals surface area contributed by atoms with Crippen LogP contribution in [-0.4, -0.2) is 13.3 Å². The lowest BCUT2D eigenvalue weighted by atomic mass is 10.1. The molecular weight excluding hydrogens is 250 g/mol. The second-order valence-electron chi connectivity index (χ2n) is 5.83. The SMILES string of the molecule is CC1(C)CC1CNCc1cc(Cl)c2c(c1)OCO2. The molecule has 1 fully saturated rings. The number of ether oxygens (including phenoxy) is 2. The van der Waals surface area contributed by atoms with Crippen molar-refractivity contribution in [2.24, 2.45) is 11.3 Å². The predicted octanol–water partition coefficient (Wildman–Crippen LogP) is 3.20. The highest BCUT2D eigenvalue weighted by atomic mass is 35.5. The molecular formula is C14H18ClNO2. The van der Waals surface area contributed by atoms with Gasteiger partial charge < -0.3 is 14.8 Å². The third-order valence-electron chi connectivity index (χ3n) is 3.92. The van der Waals surface area contributed by atoms with Gasteiger partial charge >= 0.3 is 0 Å². The Kier molecular flexibility index (Phi) is 2.91. The molecule has 1 N–H and O–H groups in total. The minimum Gasteiger partial charge on any atom is -0.454 e. The van der Waals surface area contributed by atoms with E-state index in [1.807, 2.05) is 12.1 Å². The second-order valence-corrected chi connectivity index (χ2v) is 6.24. The molecule has 1 saturated carbocycles. The summed E-state index contributed by atoms with van der Waals surface area (Å²) in [6.07, 6.45) is 1.32. The summed E-state index contributed by atoms with van der Waals surface area (Å²) < 4.78 is 10.6. The Balaban J connectivity index is 1.58. The van der Waals surface area contributed by atoms with Gasteiger partial charge in [0.15, 0.2) is 11.5 Å². The summed E-state index contributed by atoms with van der Waals surface area (Å²) in [5, 5.41) is 4.12. The van der Waals surface area contributed by atoms with E-state index in [0.717, 1.165) is 30.3 Å². The molecule has 3 rings (SSSR count). The van der Waals surface area contributed by atoms with Crippen molar-refractivity contribution in [3.63, 3.8) is 0 Å². The average molecular weight is 268 g/mol. The Morgan fingerprint density at radius 1 is 1.39 bits per heavy atom. The first-order chi connectivity index (χ1) is 8.56. The lowest BCUT2D eigenvalue weighted by Gasteiger charge is -2.08. The zero-order chi connectivity index (χ0) is 12.8. The van der Waals surface area contributed by atoms with Gasteiger partial charge in [-0.2, -0.15) is 0 Å². The summed E-state index contributed by atoms with van der Waals surface area (Å²) in [5.74, 6) is 2.23. The van der Waals surface area contributed by atoms with Crippen molar-refractivity contribution < 1.29 is 9.47 Å². The quantitative estimate of drug-likeness (QED) is 0.909. The van der Waals surface area contributed by atoms with Crippen LogP contribution in [0, 0.1) is 11.3 Å². The average Bonchev–Trinajstić information content (AvgIpc) is 2.75. The van der Waals surface area contributed by atoms with Gasteiger partial charge in [0.1, 0.15) is 0 Å². The Labute approximate surface area is 112 Å². The summed E-state index contributed by atoms with van der Waals surface area (Å²) in [7, 11) is 0. The van der Waals surface area contributed by atoms with Crippen molar-refractivity contribution in [1.29, 1.82) is 0 Å². The number of hydrogen-bond donors (Lipinski definition) is 1. The molecule has 0 bridgehead atoms. The summed E-state index contributed by atoms with van der Waals surface area (Å²) >= 11 is 6.14. The van der Waals surface area contributed by atoms with Crippen LogP contribution in [0.4, 0.5) is 0 Å². The number of benzene rings is 1. The molecule has 98 valence electrons. The summed E-state index contributed by atoms with van der Waals surface area (Å²) in [6.45, 7) is 6.79. The van der Waals surface area contributed by atoms with Crippen molar-refractivity contribution in [2.75, 3.05) is 13.3 Å². The monoisotopic (exact) mass is 267 g/mol. The number of halogens is 1. The Bertz CT molecular complexity index is 473. The van der Waals surface area contributed by atoms with E-state index in [9.17, 15) is 0 Å². The number of hydrogen-bond acceptors (Lipinski definition) is 3. The van der Waals surface area contributed by atoms with Gasteiger partial charge in [-0.05, 0) is 42.0 Å². The van der Waals surface area contributed by atoms with E-state index >= 15 is 0 Å². The van der Waals surface area contributed by atoms with Gasteiger partial charge in [-0.25, -0.2) is 0 Å². The Morgan fingerprint density at radius 2 is 2.17 bits per heavy atom. The van der Waals surface area contributed by atoms with Crippen LogP contribution in [0.1, 0.15) is 25.8 Å². The van der Waals surface area contributed by atoms with E-state index in [2.05, 4.69) is 19.2 Å². The van der Waals surface area contributed by atoms with Gasteiger partial charge in [0, 0.05) is 6.54 Å². The third kappa shape index (κ3) is 2.29. The van der Waals surface area contributed by atoms with E-state index in [1.54, 1.807) is 0 Å². The van der Waals surface area contributed by atoms with Crippen molar-refractivity contribution in [1.82, 2.24) is 5.32 Å². The molecule has 0 aromatic heterocycles. The molecule has 1 aromatic carbocycles. The van der Waals surface area contributed by atoms with Crippen LogP contribution >= 0.6 is 11.6 Å². The van der Waals surface area contributed by atoms with Crippen LogP contribution < -0.4 is 14.8 Å². The maximum absolute atomic E-state index is 6.14. The minimum atomic E-state index is 0.266. The van der Waals surface area contributed by atoms with Crippen LogP contribution in [0.5, 0.6) is 11.5 Å². The fraction of sp³-hybridized carbons (Fsp3) is 0.571. The molecule has 1 aliphatic carbocycles. The molecule has 0 spiro atoms. The Hall–Kier alpha value is -0.930. The van der Waals surface area contributed by atoms with Crippen molar-refractivity contribution in [2.45, 2.75) is 26.8 Å². The van der Waals surface area contributed by atoms with Crippen LogP contribution in [0.3, 0.4) is 0 Å². The number of nitrogens with one attached hydrogen (secondary N) is 1. The highest BCUT2D eigenvalue weighted by Crippen LogP contribution is 2.51. The fourth-order valence-electron chi connectivity index (χ4n) is 2.44. The maximum Gasteiger partial charge on any atom is 0.231 e.